The van der Waals surface area contributed by atoms with Gasteiger partial charge in [0.15, 0.2) is 17.3 Å². The number of likely N-dealkylation sites (N-methyl/N-ethyl adjacent to an activating group) is 1. The zero-order valence-electron chi connectivity index (χ0n) is 13.6. The Morgan fingerprint density at radius 3 is 2.92 bits per heavy atom. The molecule has 0 bridgehead atoms. The standard InChI is InChI=1S/C18H16FN3O3/c1-21-6-4-11-8-20-9-16(13(11)10-21)25-15-3-2-14-12(17(15)19)5-7-22(14)18(23)24/h2-3,5,7-9H,4,6,10H2,1H3,(H,23,24). The minimum absolute atomic E-state index is 0.0547. The van der Waals surface area contributed by atoms with Gasteiger partial charge in [-0.2, -0.15) is 0 Å². The predicted molar refractivity (Wildman–Crippen MR) is 89.7 cm³/mol. The molecule has 0 radical (unpaired) electrons. The van der Waals surface area contributed by atoms with Gasteiger partial charge in [-0.1, -0.05) is 0 Å². The highest BCUT2D eigenvalue weighted by Gasteiger charge is 2.20. The normalized spacial score (nSPS) is 14.5. The lowest BCUT2D eigenvalue weighted by atomic mass is 10.0. The van der Waals surface area contributed by atoms with Gasteiger partial charge in [-0.15, -0.1) is 0 Å². The molecular weight excluding hydrogens is 325 g/mol. The second kappa shape index (κ2) is 5.86. The lowest BCUT2D eigenvalue weighted by Gasteiger charge is -2.26. The molecule has 0 atom stereocenters. The van der Waals surface area contributed by atoms with Crippen molar-refractivity contribution in [3.8, 4) is 11.5 Å². The van der Waals surface area contributed by atoms with Gasteiger partial charge >= 0.3 is 6.09 Å². The fraction of sp³-hybridized carbons (Fsp3) is 0.222. The van der Waals surface area contributed by atoms with Gasteiger partial charge in [0, 0.05) is 36.4 Å². The van der Waals surface area contributed by atoms with Gasteiger partial charge in [0.05, 0.1) is 11.7 Å². The average molecular weight is 341 g/mol. The van der Waals surface area contributed by atoms with Crippen molar-refractivity contribution in [3.05, 3.63) is 53.7 Å². The highest BCUT2D eigenvalue weighted by atomic mass is 19.1. The zero-order valence-corrected chi connectivity index (χ0v) is 13.6. The van der Waals surface area contributed by atoms with Crippen LogP contribution in [0.3, 0.4) is 0 Å². The molecule has 25 heavy (non-hydrogen) atoms. The molecular formula is C18H16FN3O3. The Morgan fingerprint density at radius 2 is 2.12 bits per heavy atom. The highest BCUT2D eigenvalue weighted by molar-refractivity contribution is 5.90. The van der Waals surface area contributed by atoms with Crippen LogP contribution in [0, 0.1) is 5.82 Å². The molecule has 4 rings (SSSR count). The molecule has 0 fully saturated rings. The summed E-state index contributed by atoms with van der Waals surface area (Å²) in [4.78, 5) is 17.5. The van der Waals surface area contributed by atoms with Crippen LogP contribution in [0.5, 0.6) is 11.5 Å². The molecule has 0 saturated carbocycles. The maximum absolute atomic E-state index is 14.8. The summed E-state index contributed by atoms with van der Waals surface area (Å²) < 4.78 is 21.6. The Bertz CT molecular complexity index is 983. The quantitative estimate of drug-likeness (QED) is 0.773. The Balaban J connectivity index is 1.75. The molecule has 1 N–H and O–H groups in total. The minimum Gasteiger partial charge on any atom is -0.464 e. The summed E-state index contributed by atoms with van der Waals surface area (Å²) in [6, 6.07) is 4.41. The van der Waals surface area contributed by atoms with Crippen molar-refractivity contribution < 1.29 is 19.0 Å². The number of carbonyl (C=O) groups is 1. The summed E-state index contributed by atoms with van der Waals surface area (Å²) in [7, 11) is 2.02. The van der Waals surface area contributed by atoms with Crippen LogP contribution in [0.2, 0.25) is 0 Å². The molecule has 0 aliphatic carbocycles. The summed E-state index contributed by atoms with van der Waals surface area (Å²) in [5.74, 6) is -0.00157. The molecule has 0 spiro atoms. The van der Waals surface area contributed by atoms with Crippen LogP contribution in [0.15, 0.2) is 36.8 Å². The summed E-state index contributed by atoms with van der Waals surface area (Å²) in [5.41, 5.74) is 2.39. The second-order valence-corrected chi connectivity index (χ2v) is 6.14. The number of benzene rings is 1. The van der Waals surface area contributed by atoms with E-state index in [0.29, 0.717) is 12.3 Å². The van der Waals surface area contributed by atoms with Crippen LogP contribution < -0.4 is 4.74 Å². The van der Waals surface area contributed by atoms with Crippen molar-refractivity contribution in [2.24, 2.45) is 0 Å². The average Bonchev–Trinajstić information content (AvgIpc) is 3.03. The lowest BCUT2D eigenvalue weighted by molar-refractivity contribution is 0.197. The van der Waals surface area contributed by atoms with Crippen molar-refractivity contribution in [2.45, 2.75) is 13.0 Å². The highest BCUT2D eigenvalue weighted by Crippen LogP contribution is 2.34. The topological polar surface area (TPSA) is 67.6 Å². The molecule has 1 aromatic carbocycles. The predicted octanol–water partition coefficient (Wildman–Crippen LogP) is 3.48. The smallest absolute Gasteiger partial charge is 0.416 e. The molecule has 128 valence electrons. The van der Waals surface area contributed by atoms with Gasteiger partial charge in [0.1, 0.15) is 0 Å². The maximum atomic E-state index is 14.8. The van der Waals surface area contributed by atoms with Crippen molar-refractivity contribution in [1.82, 2.24) is 14.5 Å². The first-order chi connectivity index (χ1) is 12.0. The molecule has 1 aliphatic rings. The van der Waals surface area contributed by atoms with E-state index in [2.05, 4.69) is 9.88 Å². The Morgan fingerprint density at radius 1 is 1.28 bits per heavy atom. The van der Waals surface area contributed by atoms with Crippen molar-refractivity contribution in [1.29, 1.82) is 0 Å². The first kappa shape index (κ1) is 15.6. The van der Waals surface area contributed by atoms with Crippen LogP contribution in [0.25, 0.3) is 10.9 Å². The summed E-state index contributed by atoms with van der Waals surface area (Å²) in [6.45, 7) is 1.66. The number of fused-ring (bicyclic) bond motifs is 2. The Kier molecular flexibility index (Phi) is 3.65. The van der Waals surface area contributed by atoms with E-state index < -0.39 is 11.9 Å². The van der Waals surface area contributed by atoms with E-state index in [1.807, 2.05) is 13.2 Å². The van der Waals surface area contributed by atoms with Gasteiger partial charge in [-0.05, 0) is 37.2 Å². The zero-order chi connectivity index (χ0) is 17.6. The van der Waals surface area contributed by atoms with Gasteiger partial charge in [0.2, 0.25) is 0 Å². The molecule has 7 heteroatoms. The van der Waals surface area contributed by atoms with Gasteiger partial charge in [-0.25, -0.2) is 9.18 Å². The number of pyridine rings is 1. The molecule has 1 aliphatic heterocycles. The molecule has 0 amide bonds. The van der Waals surface area contributed by atoms with Gasteiger partial charge in [-0.3, -0.25) is 9.55 Å². The third-order valence-electron chi connectivity index (χ3n) is 4.50. The minimum atomic E-state index is -1.16. The molecule has 3 aromatic rings. The first-order valence-corrected chi connectivity index (χ1v) is 7.89. The summed E-state index contributed by atoms with van der Waals surface area (Å²) in [5, 5.41) is 9.32. The lowest BCUT2D eigenvalue weighted by Crippen LogP contribution is -2.27. The maximum Gasteiger partial charge on any atom is 0.416 e. The van der Waals surface area contributed by atoms with Crippen LogP contribution in [-0.2, 0) is 13.0 Å². The monoisotopic (exact) mass is 341 g/mol. The number of hydrogen-bond donors (Lipinski definition) is 1. The van der Waals surface area contributed by atoms with E-state index in [0.717, 1.165) is 28.7 Å². The van der Waals surface area contributed by atoms with Gasteiger partial charge < -0.3 is 14.7 Å². The Labute approximate surface area is 143 Å². The number of nitrogens with zero attached hydrogens (tertiary/aromatic N) is 3. The van der Waals surface area contributed by atoms with Crippen LogP contribution in [0.1, 0.15) is 11.1 Å². The number of carboxylic acid groups (broad SMARTS) is 1. The third kappa shape index (κ3) is 2.62. The fourth-order valence-electron chi connectivity index (χ4n) is 3.18. The van der Waals surface area contributed by atoms with E-state index in [-0.39, 0.29) is 16.7 Å². The second-order valence-electron chi connectivity index (χ2n) is 6.14. The van der Waals surface area contributed by atoms with E-state index in [4.69, 9.17) is 9.84 Å². The first-order valence-electron chi connectivity index (χ1n) is 7.89. The van der Waals surface area contributed by atoms with Crippen LogP contribution in [-0.4, -0.2) is 39.2 Å². The van der Waals surface area contributed by atoms with E-state index >= 15 is 0 Å². The summed E-state index contributed by atoms with van der Waals surface area (Å²) in [6.07, 6.45) is 4.44. The van der Waals surface area contributed by atoms with Crippen molar-refractivity contribution >= 4 is 17.0 Å². The molecule has 2 aromatic heterocycles. The number of aromatic nitrogens is 2. The fourth-order valence-corrected chi connectivity index (χ4v) is 3.18. The molecule has 6 nitrogen and oxygen atoms in total. The van der Waals surface area contributed by atoms with Gasteiger partial charge in [0.25, 0.3) is 0 Å². The van der Waals surface area contributed by atoms with E-state index in [1.54, 1.807) is 6.20 Å². The molecule has 0 unspecified atom stereocenters. The third-order valence-corrected chi connectivity index (χ3v) is 4.50. The van der Waals surface area contributed by atoms with Crippen molar-refractivity contribution in [2.75, 3.05) is 13.6 Å². The Hall–Kier alpha value is -2.93. The SMILES string of the molecule is CN1CCc2cncc(Oc3ccc4c(ccn4C(=O)O)c3F)c2C1. The van der Waals surface area contributed by atoms with Crippen molar-refractivity contribution in [3.63, 3.8) is 0 Å². The van der Waals surface area contributed by atoms with Crippen LogP contribution in [0.4, 0.5) is 9.18 Å². The van der Waals surface area contributed by atoms with E-state index in [1.165, 1.54) is 24.4 Å². The van der Waals surface area contributed by atoms with E-state index in [9.17, 15) is 9.18 Å². The molecule has 3 heterocycles. The number of halogens is 1. The number of hydrogen-bond acceptors (Lipinski definition) is 4. The number of rotatable bonds is 2. The molecule has 0 saturated heterocycles. The number of ether oxygens (including phenoxy) is 1. The largest absolute Gasteiger partial charge is 0.464 e. The van der Waals surface area contributed by atoms with Crippen LogP contribution >= 0.6 is 0 Å². The summed E-state index contributed by atoms with van der Waals surface area (Å²) >= 11 is 0.